The van der Waals surface area contributed by atoms with Crippen LogP contribution in [0.15, 0.2) is 18.2 Å². The Balaban J connectivity index is 2.21. The third-order valence-corrected chi connectivity index (χ3v) is 4.02. The van der Waals surface area contributed by atoms with E-state index in [1.807, 2.05) is 11.8 Å². The minimum atomic E-state index is -0.798. The number of aliphatic carboxylic acids is 1. The van der Waals surface area contributed by atoms with Gasteiger partial charge in [-0.2, -0.15) is 0 Å². The summed E-state index contributed by atoms with van der Waals surface area (Å²) >= 11 is 0. The van der Waals surface area contributed by atoms with Crippen LogP contribution in [0.1, 0.15) is 31.7 Å². The van der Waals surface area contributed by atoms with Crippen molar-refractivity contribution < 1.29 is 20.1 Å². The molecule has 0 aliphatic carbocycles. The van der Waals surface area contributed by atoms with E-state index >= 15 is 0 Å². The number of nitrogens with zero attached hydrogens (tertiary/aromatic N) is 1. The van der Waals surface area contributed by atoms with Crippen molar-refractivity contribution in [3.63, 3.8) is 0 Å². The lowest BCUT2D eigenvalue weighted by molar-refractivity contribution is -0.150. The fourth-order valence-corrected chi connectivity index (χ4v) is 2.85. The number of hydrogen-bond acceptors (Lipinski definition) is 4. The summed E-state index contributed by atoms with van der Waals surface area (Å²) in [6.07, 6.45) is 2.08. The molecule has 1 aliphatic heterocycles. The fraction of sp³-hybridized carbons (Fsp3) is 0.500. The Bertz CT molecular complexity index is 488. The van der Waals surface area contributed by atoms with Crippen LogP contribution in [0.4, 0.5) is 0 Å². The van der Waals surface area contributed by atoms with Crippen molar-refractivity contribution in [3.05, 3.63) is 23.8 Å². The first kappa shape index (κ1) is 13.7. The Labute approximate surface area is 112 Å². The molecule has 5 nitrogen and oxygen atoms in total. The lowest BCUT2D eigenvalue weighted by atomic mass is 9.92. The van der Waals surface area contributed by atoms with E-state index < -0.39 is 11.5 Å². The zero-order chi connectivity index (χ0) is 14.0. The van der Waals surface area contributed by atoms with Crippen molar-refractivity contribution in [1.82, 2.24) is 4.90 Å². The lowest BCUT2D eigenvalue weighted by Gasteiger charge is -2.33. The number of benzene rings is 1. The van der Waals surface area contributed by atoms with Gasteiger partial charge in [-0.1, -0.05) is 13.0 Å². The topological polar surface area (TPSA) is 81.0 Å². The highest BCUT2D eigenvalue weighted by Gasteiger charge is 2.45. The number of phenolic OH excluding ortho intramolecular Hbond substituents is 2. The molecule has 1 aromatic rings. The van der Waals surface area contributed by atoms with Crippen LogP contribution in [0, 0.1) is 0 Å². The Hall–Kier alpha value is -1.75. The van der Waals surface area contributed by atoms with Gasteiger partial charge >= 0.3 is 5.97 Å². The van der Waals surface area contributed by atoms with Crippen LogP contribution in [0.5, 0.6) is 11.5 Å². The number of aromatic hydroxyl groups is 2. The molecule has 1 heterocycles. The second kappa shape index (κ2) is 5.09. The van der Waals surface area contributed by atoms with Crippen LogP contribution in [0.2, 0.25) is 0 Å². The number of carboxylic acids is 1. The summed E-state index contributed by atoms with van der Waals surface area (Å²) in [7, 11) is 0. The minimum Gasteiger partial charge on any atom is -0.504 e. The number of phenols is 2. The Morgan fingerprint density at radius 1 is 1.37 bits per heavy atom. The summed E-state index contributed by atoms with van der Waals surface area (Å²) in [6, 6.07) is 4.61. The van der Waals surface area contributed by atoms with Crippen LogP contribution in [-0.4, -0.2) is 38.3 Å². The molecule has 0 bridgehead atoms. The van der Waals surface area contributed by atoms with Crippen molar-refractivity contribution >= 4 is 5.97 Å². The summed E-state index contributed by atoms with van der Waals surface area (Å²) in [5, 5.41) is 28.2. The molecule has 1 atom stereocenters. The first-order chi connectivity index (χ1) is 8.99. The van der Waals surface area contributed by atoms with Crippen molar-refractivity contribution in [3.8, 4) is 11.5 Å². The van der Waals surface area contributed by atoms with Gasteiger partial charge in [0, 0.05) is 6.54 Å². The van der Waals surface area contributed by atoms with E-state index in [0.717, 1.165) is 18.5 Å². The summed E-state index contributed by atoms with van der Waals surface area (Å²) in [6.45, 7) is 3.09. The predicted octanol–water partition coefficient (Wildman–Crippen LogP) is 1.93. The van der Waals surface area contributed by atoms with E-state index in [9.17, 15) is 20.1 Å². The van der Waals surface area contributed by atoms with Gasteiger partial charge in [-0.15, -0.1) is 0 Å². The van der Waals surface area contributed by atoms with Gasteiger partial charge in [0.05, 0.1) is 0 Å². The van der Waals surface area contributed by atoms with Crippen molar-refractivity contribution in [2.45, 2.75) is 38.3 Å². The highest BCUT2D eigenvalue weighted by Crippen LogP contribution is 2.35. The van der Waals surface area contributed by atoms with E-state index in [2.05, 4.69) is 0 Å². The average Bonchev–Trinajstić information content (AvgIpc) is 2.78. The molecule has 5 heteroatoms. The largest absolute Gasteiger partial charge is 0.504 e. The smallest absolute Gasteiger partial charge is 0.324 e. The normalized spacial score (nSPS) is 23.6. The minimum absolute atomic E-state index is 0.162. The van der Waals surface area contributed by atoms with E-state index in [-0.39, 0.29) is 11.5 Å². The molecule has 3 N–H and O–H groups in total. The molecule has 1 unspecified atom stereocenters. The molecule has 1 aliphatic rings. The summed E-state index contributed by atoms with van der Waals surface area (Å²) < 4.78 is 0. The molecule has 1 aromatic carbocycles. The summed E-state index contributed by atoms with van der Waals surface area (Å²) in [4.78, 5) is 13.5. The molecule has 0 spiro atoms. The van der Waals surface area contributed by atoms with Gasteiger partial charge in [-0.25, -0.2) is 0 Å². The first-order valence-electron chi connectivity index (χ1n) is 6.49. The molecule has 2 rings (SSSR count). The third-order valence-electron chi connectivity index (χ3n) is 4.02. The van der Waals surface area contributed by atoms with Gasteiger partial charge in [0.1, 0.15) is 5.54 Å². The Morgan fingerprint density at radius 3 is 2.68 bits per heavy atom. The van der Waals surface area contributed by atoms with Gasteiger partial charge < -0.3 is 15.3 Å². The van der Waals surface area contributed by atoms with Crippen LogP contribution >= 0.6 is 0 Å². The molecule has 19 heavy (non-hydrogen) atoms. The zero-order valence-corrected chi connectivity index (χ0v) is 11.0. The zero-order valence-electron chi connectivity index (χ0n) is 11.0. The van der Waals surface area contributed by atoms with E-state index in [0.29, 0.717) is 19.4 Å². The van der Waals surface area contributed by atoms with E-state index in [1.54, 1.807) is 6.07 Å². The quantitative estimate of drug-likeness (QED) is 0.725. The van der Waals surface area contributed by atoms with Crippen LogP contribution in [-0.2, 0) is 11.3 Å². The standard InChI is InChI=1S/C14H19NO4/c1-2-14(13(18)19)6-3-7-15(14)9-10-4-5-11(16)12(17)8-10/h4-5,8,16-17H,2-3,6-7,9H2,1H3,(H,18,19). The van der Waals surface area contributed by atoms with Crippen molar-refractivity contribution in [2.75, 3.05) is 6.54 Å². The summed E-state index contributed by atoms with van der Waals surface area (Å²) in [5.41, 5.74) is 0.00400. The van der Waals surface area contributed by atoms with E-state index in [4.69, 9.17) is 0 Å². The highest BCUT2D eigenvalue weighted by molar-refractivity contribution is 5.79. The molecular formula is C14H19NO4. The second-order valence-electron chi connectivity index (χ2n) is 5.04. The van der Waals surface area contributed by atoms with Gasteiger partial charge in [0.2, 0.25) is 0 Å². The molecule has 104 valence electrons. The fourth-order valence-electron chi connectivity index (χ4n) is 2.85. The third kappa shape index (κ3) is 2.38. The van der Waals surface area contributed by atoms with Gasteiger partial charge in [-0.3, -0.25) is 9.69 Å². The maximum atomic E-state index is 11.5. The van der Waals surface area contributed by atoms with Gasteiger partial charge in [0.15, 0.2) is 11.5 Å². The van der Waals surface area contributed by atoms with E-state index in [1.165, 1.54) is 12.1 Å². The van der Waals surface area contributed by atoms with Gasteiger partial charge in [0.25, 0.3) is 0 Å². The number of carboxylic acid groups (broad SMARTS) is 1. The lowest BCUT2D eigenvalue weighted by Crippen LogP contribution is -2.49. The van der Waals surface area contributed by atoms with Gasteiger partial charge in [-0.05, 0) is 43.5 Å². The number of hydrogen-bond donors (Lipinski definition) is 3. The summed E-state index contributed by atoms with van der Waals surface area (Å²) in [5.74, 6) is -1.12. The predicted molar refractivity (Wildman–Crippen MR) is 70.1 cm³/mol. The maximum absolute atomic E-state index is 11.5. The number of likely N-dealkylation sites (tertiary alicyclic amines) is 1. The molecule has 1 saturated heterocycles. The molecule has 0 saturated carbocycles. The van der Waals surface area contributed by atoms with Crippen molar-refractivity contribution in [2.24, 2.45) is 0 Å². The van der Waals surface area contributed by atoms with Crippen LogP contribution < -0.4 is 0 Å². The Kier molecular flexibility index (Phi) is 3.66. The second-order valence-corrected chi connectivity index (χ2v) is 5.04. The monoisotopic (exact) mass is 265 g/mol. The van der Waals surface area contributed by atoms with Crippen molar-refractivity contribution in [1.29, 1.82) is 0 Å². The highest BCUT2D eigenvalue weighted by atomic mass is 16.4. The molecule has 0 amide bonds. The molecular weight excluding hydrogens is 246 g/mol. The molecule has 1 fully saturated rings. The SMILES string of the molecule is CCC1(C(=O)O)CCCN1Cc1ccc(O)c(O)c1. The average molecular weight is 265 g/mol. The molecule has 0 aromatic heterocycles. The van der Waals surface area contributed by atoms with Crippen LogP contribution in [0.3, 0.4) is 0 Å². The first-order valence-corrected chi connectivity index (χ1v) is 6.49. The number of carbonyl (C=O) groups is 1. The molecule has 0 radical (unpaired) electrons. The Morgan fingerprint density at radius 2 is 2.11 bits per heavy atom. The number of rotatable bonds is 4. The maximum Gasteiger partial charge on any atom is 0.324 e. The van der Waals surface area contributed by atoms with Crippen LogP contribution in [0.25, 0.3) is 0 Å².